The first kappa shape index (κ1) is 25.3. The fraction of sp³-hybridized carbons (Fsp3) is 0.619. The summed E-state index contributed by atoms with van der Waals surface area (Å²) in [6.45, 7) is 0.954. The van der Waals surface area contributed by atoms with Gasteiger partial charge in [0.2, 0.25) is 0 Å². The van der Waals surface area contributed by atoms with Crippen LogP contribution in [0.5, 0.6) is 0 Å². The molecule has 0 bridgehead atoms. The monoisotopic (exact) mass is 372 g/mol. The van der Waals surface area contributed by atoms with Crippen molar-refractivity contribution >= 4 is 0 Å². The number of hydrogen-bond acceptors (Lipinski definition) is 2. The molecule has 0 amide bonds. The Labute approximate surface area is 195 Å². The normalized spacial score (nSPS) is 10.0. The number of ether oxygens (including phenoxy) is 1. The summed E-state index contributed by atoms with van der Waals surface area (Å²) in [4.78, 5) is 0. The SMILES string of the molecule is [K+].[O-]CCOCCCCCCCCCCCC#Cc1ccccc1F. The Bertz CT molecular complexity index is 482. The summed E-state index contributed by atoms with van der Waals surface area (Å²) in [5.41, 5.74) is 0.496. The summed E-state index contributed by atoms with van der Waals surface area (Å²) in [5, 5.41) is 10.2. The van der Waals surface area contributed by atoms with Crippen LogP contribution in [-0.2, 0) is 4.74 Å². The van der Waals surface area contributed by atoms with Crippen molar-refractivity contribution < 1.29 is 65.6 Å². The molecule has 0 fully saturated rings. The van der Waals surface area contributed by atoms with Gasteiger partial charge >= 0.3 is 51.4 Å². The molecule has 0 heterocycles. The van der Waals surface area contributed by atoms with Crippen LogP contribution in [0.1, 0.15) is 69.8 Å². The minimum absolute atomic E-state index is 0. The Morgan fingerprint density at radius 3 is 2.08 bits per heavy atom. The molecule has 0 atom stereocenters. The number of hydrogen-bond donors (Lipinski definition) is 0. The Morgan fingerprint density at radius 1 is 0.840 bits per heavy atom. The maximum atomic E-state index is 13.3. The number of benzene rings is 1. The molecular formula is C21H30FKO2. The molecule has 0 spiro atoms. The van der Waals surface area contributed by atoms with E-state index in [0.29, 0.717) is 12.2 Å². The van der Waals surface area contributed by atoms with Gasteiger partial charge in [0.05, 0.1) is 5.56 Å². The average molecular weight is 373 g/mol. The van der Waals surface area contributed by atoms with E-state index in [4.69, 9.17) is 4.74 Å². The second-order valence-corrected chi connectivity index (χ2v) is 6.03. The summed E-state index contributed by atoms with van der Waals surface area (Å²) in [5.74, 6) is 5.73. The van der Waals surface area contributed by atoms with Crippen molar-refractivity contribution in [2.75, 3.05) is 19.8 Å². The third kappa shape index (κ3) is 15.1. The zero-order chi connectivity index (χ0) is 17.3. The number of halogens is 1. The third-order valence-corrected chi connectivity index (χ3v) is 3.92. The molecular weight excluding hydrogens is 342 g/mol. The van der Waals surface area contributed by atoms with E-state index in [9.17, 15) is 9.50 Å². The van der Waals surface area contributed by atoms with E-state index in [1.165, 1.54) is 51.0 Å². The molecule has 0 radical (unpaired) electrons. The van der Waals surface area contributed by atoms with Gasteiger partial charge in [-0.2, -0.15) is 0 Å². The zero-order valence-corrected chi connectivity index (χ0v) is 18.8. The van der Waals surface area contributed by atoms with Crippen LogP contribution in [0.2, 0.25) is 0 Å². The average Bonchev–Trinajstić information content (AvgIpc) is 2.60. The van der Waals surface area contributed by atoms with Gasteiger partial charge in [0, 0.05) is 19.6 Å². The minimum Gasteiger partial charge on any atom is -0.853 e. The molecule has 1 aromatic carbocycles. The van der Waals surface area contributed by atoms with Gasteiger partial charge < -0.3 is 9.84 Å². The van der Waals surface area contributed by atoms with E-state index in [2.05, 4.69) is 11.8 Å². The zero-order valence-electron chi connectivity index (χ0n) is 15.7. The van der Waals surface area contributed by atoms with Crippen LogP contribution in [0.15, 0.2) is 24.3 Å². The minimum atomic E-state index is -0.234. The van der Waals surface area contributed by atoms with Crippen molar-refractivity contribution in [1.29, 1.82) is 0 Å². The van der Waals surface area contributed by atoms with Crippen LogP contribution >= 0.6 is 0 Å². The second-order valence-electron chi connectivity index (χ2n) is 6.03. The Hall–Kier alpha value is 0.266. The first-order valence-corrected chi connectivity index (χ1v) is 9.24. The summed E-state index contributed by atoms with van der Waals surface area (Å²) in [7, 11) is 0. The molecule has 4 heteroatoms. The molecule has 0 saturated carbocycles. The van der Waals surface area contributed by atoms with E-state index in [0.717, 1.165) is 25.9 Å². The van der Waals surface area contributed by atoms with Crippen molar-refractivity contribution in [3.05, 3.63) is 35.6 Å². The van der Waals surface area contributed by atoms with Crippen LogP contribution in [0.25, 0.3) is 0 Å². The van der Waals surface area contributed by atoms with Crippen LogP contribution in [0.4, 0.5) is 4.39 Å². The number of rotatable bonds is 13. The van der Waals surface area contributed by atoms with E-state index >= 15 is 0 Å². The van der Waals surface area contributed by atoms with Crippen LogP contribution < -0.4 is 56.5 Å². The van der Waals surface area contributed by atoms with Gasteiger partial charge in [-0.1, -0.05) is 68.9 Å². The maximum absolute atomic E-state index is 13.3. The summed E-state index contributed by atoms with van der Waals surface area (Å²) >= 11 is 0. The first-order valence-electron chi connectivity index (χ1n) is 9.24. The van der Waals surface area contributed by atoms with Gasteiger partial charge in [-0.15, -0.1) is 6.61 Å². The molecule has 0 unspecified atom stereocenters. The predicted molar refractivity (Wildman–Crippen MR) is 95.1 cm³/mol. The largest absolute Gasteiger partial charge is 1.00 e. The standard InChI is InChI=1S/C21H30FO2.K/c22-21-16-12-11-15-20(21)14-10-8-6-4-2-1-3-5-7-9-13-18-24-19-17-23;/h11-12,15-16H,1-9,13,17-19H2;/q-1;+1. The maximum Gasteiger partial charge on any atom is 1.00 e. The van der Waals surface area contributed by atoms with Gasteiger partial charge in [-0.3, -0.25) is 0 Å². The third-order valence-electron chi connectivity index (χ3n) is 3.92. The van der Waals surface area contributed by atoms with Crippen LogP contribution in [0.3, 0.4) is 0 Å². The molecule has 134 valence electrons. The van der Waals surface area contributed by atoms with E-state index < -0.39 is 0 Å². The van der Waals surface area contributed by atoms with Gasteiger partial charge in [-0.25, -0.2) is 4.39 Å². The molecule has 1 aromatic rings. The summed E-state index contributed by atoms with van der Waals surface area (Å²) in [6.07, 6.45) is 11.8. The van der Waals surface area contributed by atoms with Crippen LogP contribution in [0, 0.1) is 17.7 Å². The smallest absolute Gasteiger partial charge is 0.853 e. The number of unbranched alkanes of at least 4 members (excludes halogenated alkanes) is 9. The van der Waals surface area contributed by atoms with E-state index in [1.54, 1.807) is 12.1 Å². The Morgan fingerprint density at radius 2 is 1.44 bits per heavy atom. The molecule has 25 heavy (non-hydrogen) atoms. The molecule has 0 N–H and O–H groups in total. The van der Waals surface area contributed by atoms with Crippen molar-refractivity contribution in [2.24, 2.45) is 0 Å². The second kappa shape index (κ2) is 19.0. The van der Waals surface area contributed by atoms with Gasteiger partial charge in [-0.05, 0) is 25.0 Å². The molecule has 1 rings (SSSR count). The fourth-order valence-corrected chi connectivity index (χ4v) is 2.54. The molecule has 0 aliphatic rings. The van der Waals surface area contributed by atoms with Crippen molar-refractivity contribution in [2.45, 2.75) is 64.2 Å². The quantitative estimate of drug-likeness (QED) is 0.298. The van der Waals surface area contributed by atoms with Crippen molar-refractivity contribution in [3.63, 3.8) is 0 Å². The predicted octanol–water partition coefficient (Wildman–Crippen LogP) is 1.46. The van der Waals surface area contributed by atoms with Gasteiger partial charge in [0.1, 0.15) is 5.82 Å². The summed E-state index contributed by atoms with van der Waals surface area (Å²) in [6, 6.07) is 6.66. The van der Waals surface area contributed by atoms with Crippen molar-refractivity contribution in [1.82, 2.24) is 0 Å². The fourth-order valence-electron chi connectivity index (χ4n) is 2.54. The molecule has 0 aliphatic heterocycles. The molecule has 0 saturated heterocycles. The van der Waals surface area contributed by atoms with Crippen molar-refractivity contribution in [3.8, 4) is 11.8 Å². The first-order chi connectivity index (χ1) is 11.8. The molecule has 2 nitrogen and oxygen atoms in total. The topological polar surface area (TPSA) is 32.3 Å². The Kier molecular flexibility index (Phi) is 19.2. The van der Waals surface area contributed by atoms with Gasteiger partial charge in [0.25, 0.3) is 0 Å². The van der Waals surface area contributed by atoms with E-state index in [1.807, 2.05) is 6.07 Å². The summed E-state index contributed by atoms with van der Waals surface area (Å²) < 4.78 is 18.5. The van der Waals surface area contributed by atoms with Crippen LogP contribution in [-0.4, -0.2) is 19.8 Å². The van der Waals surface area contributed by atoms with E-state index in [-0.39, 0.29) is 63.8 Å². The molecule has 0 aliphatic carbocycles. The van der Waals surface area contributed by atoms with Gasteiger partial charge in [0.15, 0.2) is 0 Å². The molecule has 0 aromatic heterocycles. The Balaban J connectivity index is 0.00000576.